The van der Waals surface area contributed by atoms with Crippen molar-refractivity contribution in [2.75, 3.05) is 31.1 Å². The van der Waals surface area contributed by atoms with Crippen LogP contribution < -0.4 is 4.90 Å². The van der Waals surface area contributed by atoms with Crippen molar-refractivity contribution in [1.82, 2.24) is 34.2 Å². The minimum Gasteiger partial charge on any atom is -0.352 e. The Labute approximate surface area is 180 Å². The van der Waals surface area contributed by atoms with Gasteiger partial charge in [-0.25, -0.2) is 15.0 Å². The summed E-state index contributed by atoms with van der Waals surface area (Å²) in [6.45, 7) is 1.33. The van der Waals surface area contributed by atoms with E-state index in [1.54, 1.807) is 35.0 Å². The van der Waals surface area contributed by atoms with Gasteiger partial charge in [-0.2, -0.15) is 18.3 Å². The lowest BCUT2D eigenvalue weighted by molar-refractivity contribution is -0.148. The number of para-hydroxylation sites is 2. The quantitative estimate of drug-likeness (QED) is 0.481. The normalized spacial score (nSPS) is 15.1. The Bertz CT molecular complexity index is 1300. The van der Waals surface area contributed by atoms with E-state index in [0.717, 1.165) is 15.8 Å². The molecule has 32 heavy (non-hydrogen) atoms. The second-order valence-electron chi connectivity index (χ2n) is 7.58. The molecular weight excluding hydrogens is 425 g/mol. The number of aromatic nitrogens is 6. The number of aryl methyl sites for hydroxylation is 1. The van der Waals surface area contributed by atoms with Crippen molar-refractivity contribution in [1.29, 1.82) is 0 Å². The highest BCUT2D eigenvalue weighted by molar-refractivity contribution is 5.87. The molecule has 1 aromatic carbocycles. The minimum atomic E-state index is -4.65. The molecule has 12 heteroatoms. The maximum Gasteiger partial charge on any atom is 0.449 e. The van der Waals surface area contributed by atoms with Crippen molar-refractivity contribution in [3.8, 4) is 0 Å². The average Bonchev–Trinajstić information content (AvgIpc) is 3.35. The summed E-state index contributed by atoms with van der Waals surface area (Å²) < 4.78 is 43.2. The van der Waals surface area contributed by atoms with Crippen molar-refractivity contribution in [3.05, 3.63) is 42.6 Å². The number of hydrogen-bond donors (Lipinski definition) is 0. The molecule has 9 nitrogen and oxygen atoms in total. The van der Waals surface area contributed by atoms with Crippen LogP contribution in [0.15, 0.2) is 36.8 Å². The number of nitrogens with zero attached hydrogens (tertiary/aromatic N) is 8. The minimum absolute atomic E-state index is 0.210. The number of alkyl halides is 3. The molecule has 0 radical (unpaired) electrons. The summed E-state index contributed by atoms with van der Waals surface area (Å²) in [6.07, 6.45) is -1.48. The van der Waals surface area contributed by atoms with Crippen molar-refractivity contribution < 1.29 is 18.0 Å². The van der Waals surface area contributed by atoms with E-state index in [2.05, 4.69) is 20.1 Å². The van der Waals surface area contributed by atoms with Gasteiger partial charge >= 0.3 is 6.18 Å². The molecule has 5 rings (SSSR count). The third kappa shape index (κ3) is 3.41. The van der Waals surface area contributed by atoms with Crippen LogP contribution in [0.5, 0.6) is 0 Å². The predicted octanol–water partition coefficient (Wildman–Crippen LogP) is 2.08. The molecule has 1 aliphatic heterocycles. The summed E-state index contributed by atoms with van der Waals surface area (Å²) in [5, 5.41) is 5.03. The molecule has 0 aliphatic carbocycles. The molecule has 0 N–H and O–H groups in total. The highest BCUT2D eigenvalue weighted by Crippen LogP contribution is 2.31. The molecule has 0 atom stereocenters. The number of halogens is 3. The fourth-order valence-electron chi connectivity index (χ4n) is 4.06. The first-order valence-electron chi connectivity index (χ1n) is 10.0. The Morgan fingerprint density at radius 2 is 1.84 bits per heavy atom. The summed E-state index contributed by atoms with van der Waals surface area (Å²) in [6, 6.07) is 6.29. The number of imidazole rings is 1. The van der Waals surface area contributed by atoms with Crippen LogP contribution in [0.3, 0.4) is 0 Å². The second kappa shape index (κ2) is 7.46. The fourth-order valence-corrected chi connectivity index (χ4v) is 4.06. The molecule has 4 heterocycles. The zero-order valence-corrected chi connectivity index (χ0v) is 17.1. The third-order valence-electron chi connectivity index (χ3n) is 5.64. The lowest BCUT2D eigenvalue weighted by atomic mass is 10.2. The smallest absolute Gasteiger partial charge is 0.352 e. The van der Waals surface area contributed by atoms with E-state index >= 15 is 0 Å². The third-order valence-corrected chi connectivity index (χ3v) is 5.64. The first-order valence-corrected chi connectivity index (χ1v) is 10.0. The molecule has 1 fully saturated rings. The number of anilines is 1. The van der Waals surface area contributed by atoms with Crippen LogP contribution in [0.2, 0.25) is 0 Å². The number of carbonyl (C=O) groups is 1. The van der Waals surface area contributed by atoms with Crippen molar-refractivity contribution in [2.45, 2.75) is 12.7 Å². The van der Waals surface area contributed by atoms with Crippen LogP contribution in [0, 0.1) is 0 Å². The highest BCUT2D eigenvalue weighted by Gasteiger charge is 2.38. The summed E-state index contributed by atoms with van der Waals surface area (Å²) in [7, 11) is 1.80. The van der Waals surface area contributed by atoms with E-state index in [0.29, 0.717) is 31.8 Å². The van der Waals surface area contributed by atoms with Crippen LogP contribution in [-0.4, -0.2) is 66.3 Å². The number of fused-ring (bicyclic) bond motifs is 2. The Kier molecular flexibility index (Phi) is 4.72. The van der Waals surface area contributed by atoms with E-state index in [-0.39, 0.29) is 16.9 Å². The monoisotopic (exact) mass is 444 g/mol. The number of piperazine rings is 1. The molecule has 1 amide bonds. The van der Waals surface area contributed by atoms with E-state index in [1.807, 2.05) is 4.90 Å². The summed E-state index contributed by atoms with van der Waals surface area (Å²) in [5.41, 5.74) is 1.20. The van der Waals surface area contributed by atoms with Crippen LogP contribution in [0.25, 0.3) is 22.1 Å². The molecule has 3 aromatic heterocycles. The van der Waals surface area contributed by atoms with E-state index in [9.17, 15) is 18.0 Å². The van der Waals surface area contributed by atoms with Gasteiger partial charge in [0.1, 0.15) is 18.7 Å². The topological polar surface area (TPSA) is 85.0 Å². The molecule has 4 aromatic rings. The first kappa shape index (κ1) is 20.2. The number of rotatable bonds is 3. The molecule has 0 unspecified atom stereocenters. The molecule has 166 valence electrons. The molecular formula is C20H19F3N8O. The lowest BCUT2D eigenvalue weighted by Gasteiger charge is -2.35. The average molecular weight is 444 g/mol. The van der Waals surface area contributed by atoms with Gasteiger partial charge in [-0.15, -0.1) is 0 Å². The van der Waals surface area contributed by atoms with Gasteiger partial charge < -0.3 is 14.4 Å². The first-order chi connectivity index (χ1) is 15.3. The van der Waals surface area contributed by atoms with Crippen LogP contribution in [0.4, 0.5) is 19.0 Å². The number of carbonyl (C=O) groups excluding carboxylic acids is 1. The number of amides is 1. The lowest BCUT2D eigenvalue weighted by Crippen LogP contribution is -2.50. The predicted molar refractivity (Wildman–Crippen MR) is 110 cm³/mol. The maximum atomic E-state index is 13.5. The summed E-state index contributed by atoms with van der Waals surface area (Å²) in [5.74, 6) is -0.715. The number of hydrogen-bond acceptors (Lipinski definition) is 6. The Morgan fingerprint density at radius 1 is 1.09 bits per heavy atom. The summed E-state index contributed by atoms with van der Waals surface area (Å²) in [4.78, 5) is 28.8. The summed E-state index contributed by atoms with van der Waals surface area (Å²) >= 11 is 0. The second-order valence-corrected chi connectivity index (χ2v) is 7.58. The van der Waals surface area contributed by atoms with Crippen molar-refractivity contribution in [3.63, 3.8) is 0 Å². The van der Waals surface area contributed by atoms with Gasteiger partial charge in [-0.1, -0.05) is 12.1 Å². The SMILES string of the molecule is Cn1ncc2c(N3CCN(C(=O)Cn4c(C(F)(F)F)nc5ccccc54)CC3)ncnc21. The van der Waals surface area contributed by atoms with Crippen LogP contribution >= 0.6 is 0 Å². The fraction of sp³-hybridized carbons (Fsp3) is 0.350. The van der Waals surface area contributed by atoms with Gasteiger partial charge in [-0.05, 0) is 12.1 Å². The van der Waals surface area contributed by atoms with Gasteiger partial charge in [0, 0.05) is 33.2 Å². The zero-order chi connectivity index (χ0) is 22.5. The molecule has 1 aliphatic rings. The van der Waals surface area contributed by atoms with Crippen molar-refractivity contribution in [2.24, 2.45) is 7.05 Å². The molecule has 1 saturated heterocycles. The van der Waals surface area contributed by atoms with E-state index < -0.39 is 18.5 Å². The molecule has 0 saturated carbocycles. The maximum absolute atomic E-state index is 13.5. The number of benzene rings is 1. The van der Waals surface area contributed by atoms with Crippen molar-refractivity contribution >= 4 is 33.8 Å². The Hall–Kier alpha value is -3.70. The van der Waals surface area contributed by atoms with E-state index in [1.165, 1.54) is 18.5 Å². The highest BCUT2D eigenvalue weighted by atomic mass is 19.4. The van der Waals surface area contributed by atoms with Gasteiger partial charge in [0.15, 0.2) is 5.65 Å². The standard InChI is InChI=1S/C20H19F3N8O/c1-28-17-13(10-26-28)18(25-12-24-17)30-8-6-29(7-9-30)16(32)11-31-15-5-3-2-4-14(15)27-19(31)20(21,22)23/h2-5,10,12H,6-9,11H2,1H3. The molecule has 0 spiro atoms. The van der Waals surface area contributed by atoms with Gasteiger partial charge in [0.2, 0.25) is 11.7 Å². The Morgan fingerprint density at radius 3 is 2.59 bits per heavy atom. The van der Waals surface area contributed by atoms with Gasteiger partial charge in [-0.3, -0.25) is 9.48 Å². The van der Waals surface area contributed by atoms with E-state index in [4.69, 9.17) is 0 Å². The molecule has 0 bridgehead atoms. The van der Waals surface area contributed by atoms with Gasteiger partial charge in [0.05, 0.1) is 22.6 Å². The Balaban J connectivity index is 1.33. The van der Waals surface area contributed by atoms with Crippen LogP contribution in [-0.2, 0) is 24.6 Å². The van der Waals surface area contributed by atoms with Gasteiger partial charge in [0.25, 0.3) is 0 Å². The largest absolute Gasteiger partial charge is 0.449 e. The van der Waals surface area contributed by atoms with Crippen LogP contribution in [0.1, 0.15) is 5.82 Å². The zero-order valence-electron chi connectivity index (χ0n) is 17.1.